The Morgan fingerprint density at radius 2 is 2.00 bits per heavy atom. The molecule has 0 aliphatic carbocycles. The Morgan fingerprint density at radius 1 is 1.29 bits per heavy atom. The van der Waals surface area contributed by atoms with Gasteiger partial charge in [-0.05, 0) is 16.7 Å². The van der Waals surface area contributed by atoms with Gasteiger partial charge in [-0.15, -0.1) is 0 Å². The number of rotatable bonds is 2. The largest absolute Gasteiger partial charge is 0.471 e. The van der Waals surface area contributed by atoms with Gasteiger partial charge in [0.25, 0.3) is 0 Å². The van der Waals surface area contributed by atoms with Crippen LogP contribution in [0.5, 0.6) is 0 Å². The van der Waals surface area contributed by atoms with E-state index in [1.165, 1.54) is 0 Å². The SMILES string of the molecule is O=C(NCc1ccc2c(c1)CNC2)C(F)(F)F. The normalized spacial score (nSPS) is 14.5. The number of halogens is 3. The molecule has 1 aromatic carbocycles. The van der Waals surface area contributed by atoms with Crippen LogP contribution in [0.2, 0.25) is 0 Å². The Bertz CT molecular complexity index is 443. The third-order valence-corrected chi connectivity index (χ3v) is 2.61. The van der Waals surface area contributed by atoms with Gasteiger partial charge in [0, 0.05) is 19.6 Å². The molecule has 6 heteroatoms. The highest BCUT2D eigenvalue weighted by molar-refractivity contribution is 5.81. The van der Waals surface area contributed by atoms with Crippen LogP contribution in [0, 0.1) is 0 Å². The van der Waals surface area contributed by atoms with Gasteiger partial charge < -0.3 is 10.6 Å². The maximum absolute atomic E-state index is 11.9. The molecule has 3 nitrogen and oxygen atoms in total. The van der Waals surface area contributed by atoms with Crippen LogP contribution in [0.1, 0.15) is 16.7 Å². The summed E-state index contributed by atoms with van der Waals surface area (Å²) >= 11 is 0. The lowest BCUT2D eigenvalue weighted by Crippen LogP contribution is -2.36. The van der Waals surface area contributed by atoms with E-state index in [4.69, 9.17) is 0 Å². The number of carbonyl (C=O) groups is 1. The number of amides is 1. The minimum absolute atomic E-state index is 0.106. The van der Waals surface area contributed by atoms with E-state index in [1.54, 1.807) is 6.07 Å². The lowest BCUT2D eigenvalue weighted by molar-refractivity contribution is -0.173. The summed E-state index contributed by atoms with van der Waals surface area (Å²) in [7, 11) is 0. The van der Waals surface area contributed by atoms with Crippen molar-refractivity contribution in [3.63, 3.8) is 0 Å². The first-order chi connectivity index (χ1) is 7.97. The zero-order valence-corrected chi connectivity index (χ0v) is 8.90. The summed E-state index contributed by atoms with van der Waals surface area (Å²) in [6.45, 7) is 1.40. The van der Waals surface area contributed by atoms with E-state index in [1.807, 2.05) is 17.4 Å². The summed E-state index contributed by atoms with van der Waals surface area (Å²) in [5.74, 6) is -1.91. The standard InChI is InChI=1S/C11H11F3N2O/c12-11(13,14)10(17)16-4-7-1-2-8-5-15-6-9(8)3-7/h1-3,15H,4-6H2,(H,16,17). The average Bonchev–Trinajstić information content (AvgIpc) is 2.71. The van der Waals surface area contributed by atoms with E-state index in [2.05, 4.69) is 5.32 Å². The smallest absolute Gasteiger partial charge is 0.344 e. The van der Waals surface area contributed by atoms with Gasteiger partial charge in [0.2, 0.25) is 0 Å². The van der Waals surface area contributed by atoms with Gasteiger partial charge in [-0.3, -0.25) is 4.79 Å². The van der Waals surface area contributed by atoms with Gasteiger partial charge in [-0.1, -0.05) is 18.2 Å². The van der Waals surface area contributed by atoms with E-state index < -0.39 is 12.1 Å². The maximum Gasteiger partial charge on any atom is 0.471 e. The molecule has 0 aromatic heterocycles. The first-order valence-corrected chi connectivity index (χ1v) is 5.13. The highest BCUT2D eigenvalue weighted by atomic mass is 19.4. The predicted molar refractivity (Wildman–Crippen MR) is 54.9 cm³/mol. The fourth-order valence-electron chi connectivity index (χ4n) is 1.74. The van der Waals surface area contributed by atoms with Crippen LogP contribution in [0.4, 0.5) is 13.2 Å². The van der Waals surface area contributed by atoms with Crippen molar-refractivity contribution in [1.82, 2.24) is 10.6 Å². The second-order valence-electron chi connectivity index (χ2n) is 3.89. The van der Waals surface area contributed by atoms with Gasteiger partial charge in [0.05, 0.1) is 0 Å². The number of nitrogens with one attached hydrogen (secondary N) is 2. The summed E-state index contributed by atoms with van der Waals surface area (Å²) in [6.07, 6.45) is -4.82. The second kappa shape index (κ2) is 4.37. The molecule has 1 amide bonds. The summed E-state index contributed by atoms with van der Waals surface area (Å²) in [4.78, 5) is 10.6. The lowest BCUT2D eigenvalue weighted by atomic mass is 10.1. The van der Waals surface area contributed by atoms with Crippen LogP contribution in [0.25, 0.3) is 0 Å². The Hall–Kier alpha value is -1.56. The quantitative estimate of drug-likeness (QED) is 0.827. The fourth-order valence-corrected chi connectivity index (χ4v) is 1.74. The third kappa shape index (κ3) is 2.76. The Labute approximate surface area is 96.0 Å². The van der Waals surface area contributed by atoms with Crippen molar-refractivity contribution in [3.05, 3.63) is 34.9 Å². The Kier molecular flexibility index (Phi) is 3.06. The molecule has 1 heterocycles. The minimum Gasteiger partial charge on any atom is -0.344 e. The van der Waals surface area contributed by atoms with E-state index in [9.17, 15) is 18.0 Å². The lowest BCUT2D eigenvalue weighted by Gasteiger charge is -2.08. The first-order valence-electron chi connectivity index (χ1n) is 5.13. The molecule has 1 aliphatic heterocycles. The van der Waals surface area contributed by atoms with Crippen molar-refractivity contribution >= 4 is 5.91 Å². The van der Waals surface area contributed by atoms with Gasteiger partial charge >= 0.3 is 12.1 Å². The summed E-state index contributed by atoms with van der Waals surface area (Å²) in [5, 5.41) is 4.98. The Balaban J connectivity index is 1.98. The van der Waals surface area contributed by atoms with Crippen molar-refractivity contribution in [2.75, 3.05) is 0 Å². The average molecular weight is 244 g/mol. The molecule has 0 fully saturated rings. The number of fused-ring (bicyclic) bond motifs is 1. The summed E-state index contributed by atoms with van der Waals surface area (Å²) < 4.78 is 35.8. The zero-order valence-electron chi connectivity index (χ0n) is 8.90. The molecule has 17 heavy (non-hydrogen) atoms. The highest BCUT2D eigenvalue weighted by Gasteiger charge is 2.38. The molecule has 0 radical (unpaired) electrons. The molecule has 0 spiro atoms. The van der Waals surface area contributed by atoms with Crippen molar-refractivity contribution in [2.45, 2.75) is 25.8 Å². The number of hydrogen-bond acceptors (Lipinski definition) is 2. The summed E-state index contributed by atoms with van der Waals surface area (Å²) in [5.41, 5.74) is 2.89. The first kappa shape index (κ1) is 11.9. The molecule has 1 aromatic rings. The number of benzene rings is 1. The molecule has 0 unspecified atom stereocenters. The second-order valence-corrected chi connectivity index (χ2v) is 3.89. The molecular weight excluding hydrogens is 233 g/mol. The molecule has 2 rings (SSSR count). The van der Waals surface area contributed by atoms with E-state index in [-0.39, 0.29) is 6.54 Å². The topological polar surface area (TPSA) is 41.1 Å². The van der Waals surface area contributed by atoms with Crippen LogP contribution in [-0.2, 0) is 24.4 Å². The minimum atomic E-state index is -4.82. The molecular formula is C11H11F3N2O. The van der Waals surface area contributed by atoms with Crippen LogP contribution >= 0.6 is 0 Å². The monoisotopic (exact) mass is 244 g/mol. The number of carbonyl (C=O) groups excluding carboxylic acids is 1. The van der Waals surface area contributed by atoms with Crippen molar-refractivity contribution in [3.8, 4) is 0 Å². The molecule has 1 aliphatic rings. The zero-order chi connectivity index (χ0) is 12.5. The van der Waals surface area contributed by atoms with Crippen molar-refractivity contribution in [2.24, 2.45) is 0 Å². The van der Waals surface area contributed by atoms with Crippen LogP contribution in [0.3, 0.4) is 0 Å². The van der Waals surface area contributed by atoms with Crippen LogP contribution in [0.15, 0.2) is 18.2 Å². The maximum atomic E-state index is 11.9. The molecule has 92 valence electrons. The van der Waals surface area contributed by atoms with E-state index >= 15 is 0 Å². The van der Waals surface area contributed by atoms with Crippen molar-refractivity contribution < 1.29 is 18.0 Å². The third-order valence-electron chi connectivity index (χ3n) is 2.61. The van der Waals surface area contributed by atoms with Gasteiger partial charge in [-0.2, -0.15) is 13.2 Å². The van der Waals surface area contributed by atoms with Crippen LogP contribution in [-0.4, -0.2) is 12.1 Å². The van der Waals surface area contributed by atoms with E-state index in [0.717, 1.165) is 24.2 Å². The van der Waals surface area contributed by atoms with Crippen LogP contribution < -0.4 is 10.6 Å². The molecule has 0 bridgehead atoms. The number of hydrogen-bond donors (Lipinski definition) is 2. The van der Waals surface area contributed by atoms with E-state index in [0.29, 0.717) is 5.56 Å². The molecule has 0 saturated carbocycles. The molecule has 0 atom stereocenters. The Morgan fingerprint density at radius 3 is 2.71 bits per heavy atom. The van der Waals surface area contributed by atoms with Gasteiger partial charge in [0.15, 0.2) is 0 Å². The predicted octanol–water partition coefficient (Wildman–Crippen LogP) is 1.47. The van der Waals surface area contributed by atoms with Crippen molar-refractivity contribution in [1.29, 1.82) is 0 Å². The van der Waals surface area contributed by atoms with Gasteiger partial charge in [0.1, 0.15) is 0 Å². The fraction of sp³-hybridized carbons (Fsp3) is 0.364. The number of alkyl halides is 3. The molecule has 2 N–H and O–H groups in total. The summed E-state index contributed by atoms with van der Waals surface area (Å²) in [6, 6.07) is 5.40. The highest BCUT2D eigenvalue weighted by Crippen LogP contribution is 2.18. The molecule has 0 saturated heterocycles. The van der Waals surface area contributed by atoms with Gasteiger partial charge in [-0.25, -0.2) is 0 Å².